The third-order valence-electron chi connectivity index (χ3n) is 2.67. The maximum absolute atomic E-state index is 5.76. The van der Waals surface area contributed by atoms with Crippen LogP contribution in [0, 0.1) is 0 Å². The first-order chi connectivity index (χ1) is 8.36. The lowest BCUT2D eigenvalue weighted by Crippen LogP contribution is -1.82. The summed E-state index contributed by atoms with van der Waals surface area (Å²) in [5.41, 5.74) is 4.03. The van der Waals surface area contributed by atoms with Gasteiger partial charge in [-0.25, -0.2) is 4.98 Å². The molecule has 0 aliphatic heterocycles. The van der Waals surface area contributed by atoms with Crippen LogP contribution in [0.2, 0.25) is 0 Å². The Kier molecular flexibility index (Phi) is 2.53. The van der Waals surface area contributed by atoms with E-state index in [9.17, 15) is 0 Å². The maximum atomic E-state index is 5.76. The van der Waals surface area contributed by atoms with Crippen LogP contribution in [-0.2, 0) is 5.88 Å². The van der Waals surface area contributed by atoms with Gasteiger partial charge in [-0.3, -0.25) is 4.98 Å². The number of aromatic amines is 1. The molecule has 0 fully saturated rings. The van der Waals surface area contributed by atoms with Gasteiger partial charge in [-0.1, -0.05) is 24.3 Å². The molecule has 0 spiro atoms. The molecule has 4 heteroatoms. The number of alkyl halides is 1. The third kappa shape index (κ3) is 1.89. The molecule has 2 aromatic heterocycles. The van der Waals surface area contributed by atoms with Gasteiger partial charge in [0.1, 0.15) is 5.82 Å². The monoisotopic (exact) mass is 243 g/mol. The van der Waals surface area contributed by atoms with E-state index in [1.54, 1.807) is 12.4 Å². The minimum Gasteiger partial charge on any atom is -0.337 e. The van der Waals surface area contributed by atoms with Crippen molar-refractivity contribution in [2.24, 2.45) is 0 Å². The van der Waals surface area contributed by atoms with Gasteiger partial charge in [0.25, 0.3) is 0 Å². The summed E-state index contributed by atoms with van der Waals surface area (Å²) in [5, 5.41) is 0. The molecule has 3 rings (SSSR count). The Balaban J connectivity index is 2.07. The Morgan fingerprint density at radius 3 is 2.65 bits per heavy atom. The first-order valence-electron chi connectivity index (χ1n) is 5.32. The van der Waals surface area contributed by atoms with E-state index in [2.05, 4.69) is 15.0 Å². The predicted octanol–water partition coefficient (Wildman–Crippen LogP) is 3.36. The summed E-state index contributed by atoms with van der Waals surface area (Å²) in [4.78, 5) is 11.8. The Hall–Kier alpha value is -1.87. The summed E-state index contributed by atoms with van der Waals surface area (Å²) in [6.45, 7) is 0. The molecule has 84 valence electrons. The van der Waals surface area contributed by atoms with Gasteiger partial charge in [-0.2, -0.15) is 0 Å². The number of fused-ring (bicyclic) bond motifs is 1. The highest BCUT2D eigenvalue weighted by molar-refractivity contribution is 6.17. The second-order valence-electron chi connectivity index (χ2n) is 3.81. The van der Waals surface area contributed by atoms with E-state index in [4.69, 9.17) is 11.6 Å². The summed E-state index contributed by atoms with van der Waals surface area (Å²) < 4.78 is 0. The van der Waals surface area contributed by atoms with Crippen molar-refractivity contribution in [2.45, 2.75) is 5.88 Å². The Labute approximate surface area is 103 Å². The van der Waals surface area contributed by atoms with Gasteiger partial charge in [0, 0.05) is 17.6 Å². The predicted molar refractivity (Wildman–Crippen MR) is 68.9 cm³/mol. The smallest absolute Gasteiger partial charge is 0.138 e. The summed E-state index contributed by atoms with van der Waals surface area (Å²) in [6, 6.07) is 9.94. The molecule has 0 atom stereocenters. The molecule has 0 bridgehead atoms. The summed E-state index contributed by atoms with van der Waals surface area (Å²) in [6.07, 6.45) is 3.52. The van der Waals surface area contributed by atoms with Crippen molar-refractivity contribution in [2.75, 3.05) is 0 Å². The van der Waals surface area contributed by atoms with Crippen LogP contribution in [-0.4, -0.2) is 15.0 Å². The minimum atomic E-state index is 0.532. The number of rotatable bonds is 2. The van der Waals surface area contributed by atoms with E-state index >= 15 is 0 Å². The number of hydrogen-bond donors (Lipinski definition) is 1. The standard InChI is InChI=1S/C13H10ClN3/c14-7-9-1-3-10(4-2-9)13-16-11-5-6-15-8-12(11)17-13/h1-6,8H,7H2,(H,16,17). The summed E-state index contributed by atoms with van der Waals surface area (Å²) in [5.74, 6) is 1.39. The molecule has 1 N–H and O–H groups in total. The average molecular weight is 244 g/mol. The Morgan fingerprint density at radius 2 is 1.94 bits per heavy atom. The SMILES string of the molecule is ClCc1ccc(-c2nc3ccncc3[nH]2)cc1. The van der Waals surface area contributed by atoms with E-state index < -0.39 is 0 Å². The van der Waals surface area contributed by atoms with Crippen LogP contribution < -0.4 is 0 Å². The van der Waals surface area contributed by atoms with Crippen molar-refractivity contribution >= 4 is 22.6 Å². The van der Waals surface area contributed by atoms with Gasteiger partial charge in [-0.15, -0.1) is 11.6 Å². The van der Waals surface area contributed by atoms with Gasteiger partial charge >= 0.3 is 0 Å². The molecule has 3 aromatic rings. The van der Waals surface area contributed by atoms with E-state index in [1.165, 1.54) is 0 Å². The lowest BCUT2D eigenvalue weighted by Gasteiger charge is -1.98. The number of halogens is 1. The quantitative estimate of drug-likeness (QED) is 0.701. The van der Waals surface area contributed by atoms with Crippen molar-refractivity contribution in [1.82, 2.24) is 15.0 Å². The van der Waals surface area contributed by atoms with Gasteiger partial charge in [0.15, 0.2) is 0 Å². The highest BCUT2D eigenvalue weighted by Gasteiger charge is 2.04. The van der Waals surface area contributed by atoms with E-state index in [1.807, 2.05) is 30.3 Å². The lowest BCUT2D eigenvalue weighted by molar-refractivity contribution is 1.31. The van der Waals surface area contributed by atoms with Crippen LogP contribution in [0.1, 0.15) is 5.56 Å². The van der Waals surface area contributed by atoms with E-state index in [-0.39, 0.29) is 0 Å². The molecule has 0 aliphatic carbocycles. The van der Waals surface area contributed by atoms with E-state index in [0.717, 1.165) is 28.0 Å². The second-order valence-corrected chi connectivity index (χ2v) is 4.08. The molecule has 3 nitrogen and oxygen atoms in total. The normalized spacial score (nSPS) is 10.9. The Bertz CT molecular complexity index is 610. The number of nitrogens with zero attached hydrogens (tertiary/aromatic N) is 2. The maximum Gasteiger partial charge on any atom is 0.138 e. The molecule has 2 heterocycles. The lowest BCUT2D eigenvalue weighted by atomic mass is 10.1. The fourth-order valence-corrected chi connectivity index (χ4v) is 1.92. The fraction of sp³-hybridized carbons (Fsp3) is 0.0769. The van der Waals surface area contributed by atoms with Crippen molar-refractivity contribution in [3.05, 3.63) is 48.3 Å². The number of hydrogen-bond acceptors (Lipinski definition) is 2. The number of benzene rings is 1. The highest BCUT2D eigenvalue weighted by atomic mass is 35.5. The first-order valence-corrected chi connectivity index (χ1v) is 5.85. The zero-order valence-electron chi connectivity index (χ0n) is 9.02. The molecular weight excluding hydrogens is 234 g/mol. The molecular formula is C13H10ClN3. The van der Waals surface area contributed by atoms with Crippen molar-refractivity contribution in [3.8, 4) is 11.4 Å². The van der Waals surface area contributed by atoms with Crippen molar-refractivity contribution in [1.29, 1.82) is 0 Å². The van der Waals surface area contributed by atoms with Crippen LogP contribution in [0.3, 0.4) is 0 Å². The number of aromatic nitrogens is 3. The zero-order valence-corrected chi connectivity index (χ0v) is 9.78. The van der Waals surface area contributed by atoms with Gasteiger partial charge in [0.2, 0.25) is 0 Å². The topological polar surface area (TPSA) is 41.6 Å². The van der Waals surface area contributed by atoms with Crippen LogP contribution in [0.5, 0.6) is 0 Å². The largest absolute Gasteiger partial charge is 0.337 e. The number of H-pyrrole nitrogens is 1. The second kappa shape index (κ2) is 4.18. The Morgan fingerprint density at radius 1 is 1.12 bits per heavy atom. The van der Waals surface area contributed by atoms with Crippen LogP contribution in [0.15, 0.2) is 42.7 Å². The molecule has 0 aliphatic rings. The van der Waals surface area contributed by atoms with Gasteiger partial charge < -0.3 is 4.98 Å². The highest BCUT2D eigenvalue weighted by Crippen LogP contribution is 2.20. The molecule has 0 amide bonds. The molecule has 0 radical (unpaired) electrons. The van der Waals surface area contributed by atoms with Crippen LogP contribution in [0.4, 0.5) is 0 Å². The summed E-state index contributed by atoms with van der Waals surface area (Å²) >= 11 is 5.76. The summed E-state index contributed by atoms with van der Waals surface area (Å²) in [7, 11) is 0. The van der Waals surface area contributed by atoms with Crippen LogP contribution >= 0.6 is 11.6 Å². The average Bonchev–Trinajstić information content (AvgIpc) is 2.82. The van der Waals surface area contributed by atoms with Crippen molar-refractivity contribution < 1.29 is 0 Å². The molecule has 0 unspecified atom stereocenters. The van der Waals surface area contributed by atoms with Crippen LogP contribution in [0.25, 0.3) is 22.4 Å². The zero-order chi connectivity index (χ0) is 11.7. The number of imidazole rings is 1. The van der Waals surface area contributed by atoms with E-state index in [0.29, 0.717) is 5.88 Å². The number of pyridine rings is 1. The molecule has 0 saturated carbocycles. The third-order valence-corrected chi connectivity index (χ3v) is 2.97. The minimum absolute atomic E-state index is 0.532. The first kappa shape index (κ1) is 10.3. The fourth-order valence-electron chi connectivity index (χ4n) is 1.75. The molecule has 17 heavy (non-hydrogen) atoms. The van der Waals surface area contributed by atoms with Gasteiger partial charge in [-0.05, 0) is 11.6 Å². The molecule has 0 saturated heterocycles. The van der Waals surface area contributed by atoms with Gasteiger partial charge in [0.05, 0.1) is 17.2 Å². The molecule has 1 aromatic carbocycles. The van der Waals surface area contributed by atoms with Crippen molar-refractivity contribution in [3.63, 3.8) is 0 Å². The number of nitrogens with one attached hydrogen (secondary N) is 1.